The molecule has 0 aliphatic heterocycles. The molecule has 8 heteroatoms. The van der Waals surface area contributed by atoms with Crippen LogP contribution in [0.2, 0.25) is 0 Å². The van der Waals surface area contributed by atoms with E-state index in [9.17, 15) is 14.4 Å². The molecular weight excluding hydrogens is 268 g/mol. The van der Waals surface area contributed by atoms with Gasteiger partial charge in [0.05, 0.1) is 0 Å². The molecule has 0 spiro atoms. The fraction of sp³-hybridized carbons (Fsp3) is 0.364. The van der Waals surface area contributed by atoms with Crippen molar-refractivity contribution in [2.75, 3.05) is 0 Å². The lowest BCUT2D eigenvalue weighted by Gasteiger charge is -2.09. The second-order valence-corrected chi connectivity index (χ2v) is 4.99. The Morgan fingerprint density at radius 2 is 1.95 bits per heavy atom. The number of rotatable bonds is 4. The molecule has 0 unspecified atom stereocenters. The van der Waals surface area contributed by atoms with E-state index < -0.39 is 0 Å². The topological polar surface area (TPSA) is 88.9 Å². The summed E-state index contributed by atoms with van der Waals surface area (Å²) in [7, 11) is 3.06. The van der Waals surface area contributed by atoms with Crippen LogP contribution in [-0.2, 0) is 27.2 Å². The fourth-order valence-corrected chi connectivity index (χ4v) is 2.26. The van der Waals surface area contributed by atoms with Crippen molar-refractivity contribution in [1.29, 1.82) is 0 Å². The van der Waals surface area contributed by atoms with Gasteiger partial charge in [0.25, 0.3) is 5.56 Å². The van der Waals surface area contributed by atoms with Crippen LogP contribution in [0.15, 0.2) is 25.8 Å². The van der Waals surface area contributed by atoms with Gasteiger partial charge in [0.1, 0.15) is 0 Å². The highest BCUT2D eigenvalue weighted by molar-refractivity contribution is 7.07. The van der Waals surface area contributed by atoms with Gasteiger partial charge in [0, 0.05) is 50.0 Å². The fourth-order valence-electron chi connectivity index (χ4n) is 1.67. The Kier molecular flexibility index (Phi) is 3.82. The molecule has 7 nitrogen and oxygen atoms in total. The van der Waals surface area contributed by atoms with Crippen molar-refractivity contribution < 1.29 is 0 Å². The lowest BCUT2D eigenvalue weighted by Crippen LogP contribution is -2.39. The molecule has 19 heavy (non-hydrogen) atoms. The van der Waals surface area contributed by atoms with E-state index in [-0.39, 0.29) is 16.1 Å². The number of nitrogens with one attached hydrogen (secondary N) is 2. The number of aromatic amines is 1. The van der Waals surface area contributed by atoms with Crippen molar-refractivity contribution in [3.8, 4) is 0 Å². The summed E-state index contributed by atoms with van der Waals surface area (Å²) in [5.41, 5.74) is 0.701. The molecule has 0 atom stereocenters. The Labute approximate surface area is 112 Å². The second-order valence-electron chi connectivity index (χ2n) is 4.15. The van der Waals surface area contributed by atoms with Gasteiger partial charge in [-0.1, -0.05) is 11.3 Å². The molecule has 0 fully saturated rings. The maximum absolute atomic E-state index is 11.7. The molecule has 0 amide bonds. The summed E-state index contributed by atoms with van der Waals surface area (Å²) in [5, 5.41) is 4.81. The maximum atomic E-state index is 11.7. The first kappa shape index (κ1) is 13.5. The monoisotopic (exact) mass is 282 g/mol. The third kappa shape index (κ3) is 2.91. The lowest BCUT2D eigenvalue weighted by molar-refractivity contribution is 0.597. The minimum absolute atomic E-state index is 0.0993. The molecule has 2 aromatic heterocycles. The number of thiazole rings is 1. The van der Waals surface area contributed by atoms with Crippen LogP contribution in [0.4, 0.5) is 0 Å². The Bertz CT molecular complexity index is 752. The molecule has 0 bridgehead atoms. The smallest absolute Gasteiger partial charge is 0.315 e. The predicted octanol–water partition coefficient (Wildman–Crippen LogP) is -0.876. The highest BCUT2D eigenvalue weighted by atomic mass is 32.1. The normalized spacial score (nSPS) is 10.8. The molecule has 2 heterocycles. The molecule has 0 saturated heterocycles. The van der Waals surface area contributed by atoms with Crippen molar-refractivity contribution in [2.24, 2.45) is 14.1 Å². The van der Waals surface area contributed by atoms with Gasteiger partial charge < -0.3 is 10.3 Å². The first-order valence-electron chi connectivity index (χ1n) is 5.62. The standard InChI is InChI=1S/C11H14N4O3S/c1-14-8(3-9(16)15(2)11(14)18)5-12-4-7-6-19-10(17)13-7/h3,6,12H,4-5H2,1-2H3,(H,13,17). The minimum atomic E-state index is -0.353. The van der Waals surface area contributed by atoms with Gasteiger partial charge in [0.15, 0.2) is 0 Å². The largest absolute Gasteiger partial charge is 0.330 e. The molecule has 2 N–H and O–H groups in total. The summed E-state index contributed by atoms with van der Waals surface area (Å²) in [6.07, 6.45) is 0. The van der Waals surface area contributed by atoms with Crippen molar-refractivity contribution in [3.05, 3.63) is 53.3 Å². The highest BCUT2D eigenvalue weighted by Crippen LogP contribution is 1.96. The van der Waals surface area contributed by atoms with Gasteiger partial charge in [-0.05, 0) is 0 Å². The third-order valence-corrected chi connectivity index (χ3v) is 3.54. The van der Waals surface area contributed by atoms with E-state index in [1.807, 2.05) is 0 Å². The van der Waals surface area contributed by atoms with Gasteiger partial charge >= 0.3 is 10.6 Å². The Morgan fingerprint density at radius 3 is 2.58 bits per heavy atom. The zero-order chi connectivity index (χ0) is 14.0. The summed E-state index contributed by atoms with van der Waals surface area (Å²) < 4.78 is 2.48. The van der Waals surface area contributed by atoms with E-state index in [0.717, 1.165) is 21.6 Å². The number of aromatic nitrogens is 3. The van der Waals surface area contributed by atoms with Crippen LogP contribution in [0.5, 0.6) is 0 Å². The highest BCUT2D eigenvalue weighted by Gasteiger charge is 2.05. The lowest BCUT2D eigenvalue weighted by atomic mass is 10.3. The average molecular weight is 282 g/mol. The number of H-pyrrole nitrogens is 1. The maximum Gasteiger partial charge on any atom is 0.330 e. The van der Waals surface area contributed by atoms with E-state index >= 15 is 0 Å². The Balaban J connectivity index is 2.10. The van der Waals surface area contributed by atoms with Gasteiger partial charge in [-0.15, -0.1) is 0 Å². The minimum Gasteiger partial charge on any atom is -0.315 e. The van der Waals surface area contributed by atoms with Crippen LogP contribution >= 0.6 is 11.3 Å². The molecule has 2 aromatic rings. The summed E-state index contributed by atoms with van der Waals surface area (Å²) in [6, 6.07) is 1.42. The SMILES string of the molecule is Cn1c(CNCc2csc(=O)[nH]2)cc(=O)n(C)c1=O. The number of hydrogen-bond acceptors (Lipinski definition) is 5. The van der Waals surface area contributed by atoms with Gasteiger partial charge in [-0.25, -0.2) is 4.79 Å². The predicted molar refractivity (Wildman–Crippen MR) is 72.4 cm³/mol. The van der Waals surface area contributed by atoms with E-state index in [1.165, 1.54) is 17.7 Å². The number of hydrogen-bond donors (Lipinski definition) is 2. The van der Waals surface area contributed by atoms with Gasteiger partial charge in [-0.3, -0.25) is 18.7 Å². The summed E-state index contributed by atoms with van der Waals surface area (Å²) in [6.45, 7) is 0.849. The Morgan fingerprint density at radius 1 is 1.21 bits per heavy atom. The van der Waals surface area contributed by atoms with Crippen molar-refractivity contribution >= 4 is 11.3 Å². The van der Waals surface area contributed by atoms with Crippen molar-refractivity contribution in [1.82, 2.24) is 19.4 Å². The van der Waals surface area contributed by atoms with Gasteiger partial charge in [0.2, 0.25) is 0 Å². The third-order valence-electron chi connectivity index (χ3n) is 2.82. The summed E-state index contributed by atoms with van der Waals surface area (Å²) >= 11 is 1.10. The molecule has 0 aliphatic carbocycles. The molecule has 102 valence electrons. The van der Waals surface area contributed by atoms with E-state index in [2.05, 4.69) is 10.3 Å². The molecule has 0 saturated carbocycles. The van der Waals surface area contributed by atoms with Crippen molar-refractivity contribution in [3.63, 3.8) is 0 Å². The van der Waals surface area contributed by atoms with Crippen LogP contribution in [0, 0.1) is 0 Å². The van der Waals surface area contributed by atoms with E-state index in [4.69, 9.17) is 0 Å². The average Bonchev–Trinajstić information content (AvgIpc) is 2.79. The Hall–Kier alpha value is -1.93. The summed E-state index contributed by atoms with van der Waals surface area (Å²) in [5.74, 6) is 0. The zero-order valence-electron chi connectivity index (χ0n) is 10.6. The van der Waals surface area contributed by atoms with Crippen LogP contribution in [0.25, 0.3) is 0 Å². The molecule has 0 aromatic carbocycles. The van der Waals surface area contributed by atoms with E-state index in [1.54, 1.807) is 12.4 Å². The zero-order valence-corrected chi connectivity index (χ0v) is 11.4. The molecule has 0 radical (unpaired) electrons. The quantitative estimate of drug-likeness (QED) is 0.762. The second kappa shape index (κ2) is 5.37. The molecule has 2 rings (SSSR count). The van der Waals surface area contributed by atoms with Crippen LogP contribution in [0.3, 0.4) is 0 Å². The van der Waals surface area contributed by atoms with E-state index in [0.29, 0.717) is 18.8 Å². The first-order chi connectivity index (χ1) is 8.99. The molecule has 0 aliphatic rings. The number of nitrogens with zero attached hydrogens (tertiary/aromatic N) is 2. The first-order valence-corrected chi connectivity index (χ1v) is 6.50. The summed E-state index contributed by atoms with van der Waals surface area (Å²) in [4.78, 5) is 36.7. The van der Waals surface area contributed by atoms with Gasteiger partial charge in [-0.2, -0.15) is 0 Å². The van der Waals surface area contributed by atoms with Crippen molar-refractivity contribution in [2.45, 2.75) is 13.1 Å². The van der Waals surface area contributed by atoms with Crippen LogP contribution < -0.4 is 21.4 Å². The van der Waals surface area contributed by atoms with Crippen LogP contribution in [0.1, 0.15) is 11.4 Å². The van der Waals surface area contributed by atoms with Crippen LogP contribution in [-0.4, -0.2) is 14.1 Å². The molecular formula is C11H14N4O3S.